The SMILES string of the molecule is CNc1ccc(Cl)cc1C(=O)NCCc1ccccc1F. The molecule has 2 aromatic rings. The van der Waals surface area contributed by atoms with Gasteiger partial charge in [0.15, 0.2) is 0 Å². The van der Waals surface area contributed by atoms with Crippen LogP contribution < -0.4 is 10.6 Å². The summed E-state index contributed by atoms with van der Waals surface area (Å²) >= 11 is 5.91. The van der Waals surface area contributed by atoms with Crippen molar-refractivity contribution in [3.63, 3.8) is 0 Å². The average molecular weight is 307 g/mol. The lowest BCUT2D eigenvalue weighted by molar-refractivity contribution is 0.0955. The first-order valence-corrected chi connectivity index (χ1v) is 6.98. The zero-order valence-corrected chi connectivity index (χ0v) is 12.4. The van der Waals surface area contributed by atoms with Gasteiger partial charge in [-0.3, -0.25) is 4.79 Å². The Balaban J connectivity index is 1.99. The quantitative estimate of drug-likeness (QED) is 0.888. The molecular weight excluding hydrogens is 291 g/mol. The van der Waals surface area contributed by atoms with E-state index in [0.717, 1.165) is 0 Å². The van der Waals surface area contributed by atoms with Crippen LogP contribution in [0.25, 0.3) is 0 Å². The van der Waals surface area contributed by atoms with Crippen molar-refractivity contribution in [1.82, 2.24) is 5.32 Å². The van der Waals surface area contributed by atoms with Crippen LogP contribution in [0.5, 0.6) is 0 Å². The summed E-state index contributed by atoms with van der Waals surface area (Å²) in [4.78, 5) is 12.1. The molecule has 3 nitrogen and oxygen atoms in total. The van der Waals surface area contributed by atoms with Crippen LogP contribution in [0, 0.1) is 5.82 Å². The van der Waals surface area contributed by atoms with E-state index in [1.165, 1.54) is 6.07 Å². The van der Waals surface area contributed by atoms with Gasteiger partial charge in [-0.2, -0.15) is 0 Å². The molecule has 0 unspecified atom stereocenters. The van der Waals surface area contributed by atoms with Crippen molar-refractivity contribution < 1.29 is 9.18 Å². The van der Waals surface area contributed by atoms with E-state index in [1.807, 2.05) is 0 Å². The summed E-state index contributed by atoms with van der Waals surface area (Å²) in [6.45, 7) is 0.357. The first-order chi connectivity index (χ1) is 10.1. The van der Waals surface area contributed by atoms with Crippen LogP contribution in [0.15, 0.2) is 42.5 Å². The molecule has 0 aliphatic rings. The molecule has 2 rings (SSSR count). The van der Waals surface area contributed by atoms with Gasteiger partial charge in [0.05, 0.1) is 5.56 Å². The monoisotopic (exact) mass is 306 g/mol. The largest absolute Gasteiger partial charge is 0.387 e. The third-order valence-electron chi connectivity index (χ3n) is 3.13. The highest BCUT2D eigenvalue weighted by molar-refractivity contribution is 6.31. The number of nitrogens with one attached hydrogen (secondary N) is 2. The minimum Gasteiger partial charge on any atom is -0.387 e. The molecule has 110 valence electrons. The van der Waals surface area contributed by atoms with Gasteiger partial charge >= 0.3 is 0 Å². The summed E-state index contributed by atoms with van der Waals surface area (Å²) in [5.74, 6) is -0.497. The molecule has 0 aliphatic carbocycles. The number of anilines is 1. The van der Waals surface area contributed by atoms with Gasteiger partial charge in [-0.05, 0) is 36.2 Å². The van der Waals surface area contributed by atoms with Gasteiger partial charge in [0.1, 0.15) is 5.82 Å². The Bertz CT molecular complexity index is 646. The van der Waals surface area contributed by atoms with Crippen LogP contribution in [0.3, 0.4) is 0 Å². The molecule has 0 aromatic heterocycles. The smallest absolute Gasteiger partial charge is 0.253 e. The highest BCUT2D eigenvalue weighted by Gasteiger charge is 2.11. The molecule has 5 heteroatoms. The van der Waals surface area contributed by atoms with Crippen LogP contribution in [0.1, 0.15) is 15.9 Å². The Morgan fingerprint density at radius 1 is 1.24 bits per heavy atom. The van der Waals surface area contributed by atoms with Gasteiger partial charge in [-0.15, -0.1) is 0 Å². The van der Waals surface area contributed by atoms with Gasteiger partial charge in [0.2, 0.25) is 0 Å². The fourth-order valence-corrected chi connectivity index (χ4v) is 2.20. The van der Waals surface area contributed by atoms with E-state index in [0.29, 0.717) is 34.8 Å². The Kier molecular flexibility index (Phi) is 5.17. The molecule has 0 atom stereocenters. The van der Waals surface area contributed by atoms with E-state index >= 15 is 0 Å². The minimum atomic E-state index is -0.259. The van der Waals surface area contributed by atoms with E-state index in [9.17, 15) is 9.18 Å². The van der Waals surface area contributed by atoms with Gasteiger partial charge in [0, 0.05) is 24.3 Å². The topological polar surface area (TPSA) is 41.1 Å². The molecule has 0 saturated heterocycles. The molecule has 0 fully saturated rings. The predicted octanol–water partition coefficient (Wildman–Crippen LogP) is 3.49. The molecule has 0 radical (unpaired) electrons. The lowest BCUT2D eigenvalue weighted by Crippen LogP contribution is -2.26. The number of amides is 1. The third kappa shape index (κ3) is 3.95. The number of carbonyl (C=O) groups excluding carboxylic acids is 1. The molecule has 0 heterocycles. The molecule has 1 amide bonds. The summed E-state index contributed by atoms with van der Waals surface area (Å²) in [5, 5.41) is 6.21. The van der Waals surface area contributed by atoms with Crippen molar-refractivity contribution in [2.45, 2.75) is 6.42 Å². The number of rotatable bonds is 5. The normalized spacial score (nSPS) is 10.2. The highest BCUT2D eigenvalue weighted by Crippen LogP contribution is 2.20. The number of hydrogen-bond donors (Lipinski definition) is 2. The van der Waals surface area contributed by atoms with Crippen LogP contribution in [-0.2, 0) is 6.42 Å². The molecular formula is C16H16ClFN2O. The maximum Gasteiger partial charge on any atom is 0.253 e. The molecule has 0 aliphatic heterocycles. The van der Waals surface area contributed by atoms with Crippen molar-refractivity contribution >= 4 is 23.2 Å². The van der Waals surface area contributed by atoms with Crippen LogP contribution >= 0.6 is 11.6 Å². The number of benzene rings is 2. The summed E-state index contributed by atoms with van der Waals surface area (Å²) < 4.78 is 13.5. The molecule has 0 bridgehead atoms. The maximum atomic E-state index is 13.5. The first-order valence-electron chi connectivity index (χ1n) is 6.60. The Hall–Kier alpha value is -2.07. The van der Waals surface area contributed by atoms with Crippen molar-refractivity contribution in [2.24, 2.45) is 0 Å². The third-order valence-corrected chi connectivity index (χ3v) is 3.37. The molecule has 2 N–H and O–H groups in total. The molecule has 21 heavy (non-hydrogen) atoms. The summed E-state index contributed by atoms with van der Waals surface area (Å²) in [6, 6.07) is 11.6. The molecule has 2 aromatic carbocycles. The van der Waals surface area contributed by atoms with E-state index in [1.54, 1.807) is 43.4 Å². The van der Waals surface area contributed by atoms with Crippen molar-refractivity contribution in [3.05, 3.63) is 64.4 Å². The number of carbonyl (C=O) groups is 1. The number of halogens is 2. The van der Waals surface area contributed by atoms with Crippen LogP contribution in [0.4, 0.5) is 10.1 Å². The van der Waals surface area contributed by atoms with Crippen LogP contribution in [0.2, 0.25) is 5.02 Å². The van der Waals surface area contributed by atoms with Gasteiger partial charge in [0.25, 0.3) is 5.91 Å². The van der Waals surface area contributed by atoms with E-state index in [4.69, 9.17) is 11.6 Å². The second kappa shape index (κ2) is 7.09. The molecule has 0 saturated carbocycles. The fourth-order valence-electron chi connectivity index (χ4n) is 2.03. The Morgan fingerprint density at radius 2 is 2.00 bits per heavy atom. The lowest BCUT2D eigenvalue weighted by atomic mass is 10.1. The van der Waals surface area contributed by atoms with Crippen molar-refractivity contribution in [3.8, 4) is 0 Å². The van der Waals surface area contributed by atoms with Crippen molar-refractivity contribution in [1.29, 1.82) is 0 Å². The molecule has 0 spiro atoms. The Labute approximate surface area is 128 Å². The first kappa shape index (κ1) is 15.3. The fraction of sp³-hybridized carbons (Fsp3) is 0.188. The number of hydrogen-bond acceptors (Lipinski definition) is 2. The summed E-state index contributed by atoms with van der Waals surface area (Å²) in [6.07, 6.45) is 0.438. The zero-order valence-electron chi connectivity index (χ0n) is 11.6. The van der Waals surface area contributed by atoms with Crippen LogP contribution in [-0.4, -0.2) is 19.5 Å². The van der Waals surface area contributed by atoms with Gasteiger partial charge < -0.3 is 10.6 Å². The maximum absolute atomic E-state index is 13.5. The summed E-state index contributed by atoms with van der Waals surface area (Å²) in [5.41, 5.74) is 1.75. The summed E-state index contributed by atoms with van der Waals surface area (Å²) in [7, 11) is 1.74. The zero-order chi connectivity index (χ0) is 15.2. The highest BCUT2D eigenvalue weighted by atomic mass is 35.5. The predicted molar refractivity (Wildman–Crippen MR) is 83.4 cm³/mol. The van der Waals surface area contributed by atoms with E-state index in [2.05, 4.69) is 10.6 Å². The second-order valence-corrected chi connectivity index (χ2v) is 4.97. The van der Waals surface area contributed by atoms with E-state index in [-0.39, 0.29) is 11.7 Å². The van der Waals surface area contributed by atoms with E-state index < -0.39 is 0 Å². The minimum absolute atomic E-state index is 0.238. The standard InChI is InChI=1S/C16H16ClFN2O/c1-19-15-7-6-12(17)10-13(15)16(21)20-9-8-11-4-2-3-5-14(11)18/h2-7,10,19H,8-9H2,1H3,(H,20,21). The second-order valence-electron chi connectivity index (χ2n) is 4.54. The van der Waals surface area contributed by atoms with Gasteiger partial charge in [-0.25, -0.2) is 4.39 Å². The van der Waals surface area contributed by atoms with Crippen molar-refractivity contribution in [2.75, 3.05) is 18.9 Å². The Morgan fingerprint density at radius 3 is 2.71 bits per heavy atom. The van der Waals surface area contributed by atoms with Gasteiger partial charge in [-0.1, -0.05) is 29.8 Å². The average Bonchev–Trinajstić information content (AvgIpc) is 2.49. The lowest BCUT2D eigenvalue weighted by Gasteiger charge is -2.10.